The summed E-state index contributed by atoms with van der Waals surface area (Å²) in [7, 11) is 0. The molecule has 0 saturated carbocycles. The van der Waals surface area contributed by atoms with Crippen molar-refractivity contribution in [2.75, 3.05) is 17.2 Å². The van der Waals surface area contributed by atoms with E-state index in [1.807, 2.05) is 0 Å². The Morgan fingerprint density at radius 1 is 0.844 bits per heavy atom. The molecule has 0 spiro atoms. The van der Waals surface area contributed by atoms with Crippen LogP contribution < -0.4 is 20.1 Å². The zero-order valence-corrected chi connectivity index (χ0v) is 16.3. The average Bonchev–Trinajstić information content (AvgIpc) is 2.74. The highest BCUT2D eigenvalue weighted by atomic mass is 19.4. The standard InChI is InChI=1S/C22H16F4N2O4/c23-17-6-2-3-7-18(17)28-20(29)13-31-19-8-4-1-5-16(19)21(30)27-14-9-11-15(12-10-14)32-22(24,25)26/h1-12H,13H2,(H,27,30)(H,28,29). The van der Waals surface area contributed by atoms with Gasteiger partial charge in [0.05, 0.1) is 11.3 Å². The molecule has 0 aromatic heterocycles. The van der Waals surface area contributed by atoms with Crippen molar-refractivity contribution in [2.24, 2.45) is 0 Å². The number of amides is 2. The number of rotatable bonds is 7. The number of para-hydroxylation sites is 2. The molecule has 0 aliphatic rings. The van der Waals surface area contributed by atoms with Crippen molar-refractivity contribution < 1.29 is 36.6 Å². The first kappa shape index (κ1) is 22.6. The van der Waals surface area contributed by atoms with E-state index in [4.69, 9.17) is 4.74 Å². The van der Waals surface area contributed by atoms with Crippen LogP contribution in [0.2, 0.25) is 0 Å². The van der Waals surface area contributed by atoms with Crippen LogP contribution in [0.25, 0.3) is 0 Å². The van der Waals surface area contributed by atoms with Gasteiger partial charge in [-0.3, -0.25) is 9.59 Å². The van der Waals surface area contributed by atoms with E-state index in [1.165, 1.54) is 42.5 Å². The maximum absolute atomic E-state index is 13.6. The lowest BCUT2D eigenvalue weighted by Crippen LogP contribution is -2.22. The third-order valence-electron chi connectivity index (χ3n) is 3.98. The molecule has 10 heteroatoms. The molecule has 3 rings (SSSR count). The van der Waals surface area contributed by atoms with Crippen LogP contribution in [0.1, 0.15) is 10.4 Å². The molecule has 0 fully saturated rings. The van der Waals surface area contributed by atoms with Crippen molar-refractivity contribution in [1.29, 1.82) is 0 Å². The molecule has 32 heavy (non-hydrogen) atoms. The zero-order valence-electron chi connectivity index (χ0n) is 16.3. The van der Waals surface area contributed by atoms with Crippen LogP contribution in [0.3, 0.4) is 0 Å². The average molecular weight is 448 g/mol. The molecule has 0 unspecified atom stereocenters. The topological polar surface area (TPSA) is 76.7 Å². The van der Waals surface area contributed by atoms with Gasteiger partial charge in [-0.1, -0.05) is 24.3 Å². The van der Waals surface area contributed by atoms with Gasteiger partial charge in [0.15, 0.2) is 6.61 Å². The molecule has 3 aromatic carbocycles. The third kappa shape index (κ3) is 6.46. The van der Waals surface area contributed by atoms with Crippen LogP contribution in [0.5, 0.6) is 11.5 Å². The summed E-state index contributed by atoms with van der Waals surface area (Å²) in [6, 6.07) is 16.3. The Balaban J connectivity index is 1.62. The Labute approximate surface area is 179 Å². The number of carbonyl (C=O) groups is 2. The van der Waals surface area contributed by atoms with Crippen LogP contribution in [-0.4, -0.2) is 24.8 Å². The second-order valence-corrected chi connectivity index (χ2v) is 6.34. The molecule has 0 bridgehead atoms. The Bertz CT molecular complexity index is 1100. The van der Waals surface area contributed by atoms with Crippen LogP contribution in [0.15, 0.2) is 72.8 Å². The first-order chi connectivity index (χ1) is 15.2. The number of benzene rings is 3. The number of nitrogens with one attached hydrogen (secondary N) is 2. The molecule has 2 N–H and O–H groups in total. The predicted molar refractivity (Wildman–Crippen MR) is 108 cm³/mol. The van der Waals surface area contributed by atoms with Gasteiger partial charge in [0.1, 0.15) is 17.3 Å². The van der Waals surface area contributed by atoms with Crippen molar-refractivity contribution >= 4 is 23.2 Å². The van der Waals surface area contributed by atoms with Gasteiger partial charge in [0, 0.05) is 5.69 Å². The number of hydrogen-bond donors (Lipinski definition) is 2. The van der Waals surface area contributed by atoms with Gasteiger partial charge < -0.3 is 20.1 Å². The minimum absolute atomic E-state index is 0.00919. The van der Waals surface area contributed by atoms with Crippen molar-refractivity contribution in [3.8, 4) is 11.5 Å². The van der Waals surface area contributed by atoms with Crippen LogP contribution in [-0.2, 0) is 4.79 Å². The summed E-state index contributed by atoms with van der Waals surface area (Å²) in [6.07, 6.45) is -4.82. The maximum atomic E-state index is 13.6. The van der Waals surface area contributed by atoms with E-state index in [0.29, 0.717) is 0 Å². The smallest absolute Gasteiger partial charge is 0.483 e. The number of hydrogen-bond acceptors (Lipinski definition) is 4. The van der Waals surface area contributed by atoms with Gasteiger partial charge >= 0.3 is 6.36 Å². The SMILES string of the molecule is O=C(COc1ccccc1C(=O)Nc1ccc(OC(F)(F)F)cc1)Nc1ccccc1F. The van der Waals surface area contributed by atoms with Crippen molar-refractivity contribution in [3.05, 3.63) is 84.2 Å². The van der Waals surface area contributed by atoms with E-state index in [2.05, 4.69) is 15.4 Å². The number of carbonyl (C=O) groups excluding carboxylic acids is 2. The number of ether oxygens (including phenoxy) is 2. The lowest BCUT2D eigenvalue weighted by Gasteiger charge is -2.13. The van der Waals surface area contributed by atoms with Crippen LogP contribution in [0.4, 0.5) is 28.9 Å². The van der Waals surface area contributed by atoms with Crippen LogP contribution >= 0.6 is 0 Å². The van der Waals surface area contributed by atoms with Crippen molar-refractivity contribution in [3.63, 3.8) is 0 Å². The Kier molecular flexibility index (Phi) is 6.93. The van der Waals surface area contributed by atoms with Crippen molar-refractivity contribution in [1.82, 2.24) is 0 Å². The van der Waals surface area contributed by atoms with Gasteiger partial charge in [-0.25, -0.2) is 4.39 Å². The molecule has 0 atom stereocenters. The molecule has 0 saturated heterocycles. The molecule has 2 amide bonds. The third-order valence-corrected chi connectivity index (χ3v) is 3.98. The van der Waals surface area contributed by atoms with Gasteiger partial charge in [-0.05, 0) is 48.5 Å². The Morgan fingerprint density at radius 2 is 1.50 bits per heavy atom. The van der Waals surface area contributed by atoms with E-state index in [1.54, 1.807) is 18.2 Å². The molecule has 6 nitrogen and oxygen atoms in total. The summed E-state index contributed by atoms with van der Waals surface area (Å²) < 4.78 is 59.5. The number of alkyl halides is 3. The predicted octanol–water partition coefficient (Wildman–Crippen LogP) is 4.99. The van der Waals surface area contributed by atoms with E-state index < -0.39 is 36.4 Å². The molecule has 166 valence electrons. The summed E-state index contributed by atoms with van der Waals surface area (Å²) in [5, 5.41) is 4.88. The van der Waals surface area contributed by atoms with Gasteiger partial charge in [0.25, 0.3) is 11.8 Å². The molecule has 0 radical (unpaired) electrons. The van der Waals surface area contributed by atoms with E-state index in [9.17, 15) is 27.2 Å². The highest BCUT2D eigenvalue weighted by molar-refractivity contribution is 6.06. The van der Waals surface area contributed by atoms with E-state index >= 15 is 0 Å². The highest BCUT2D eigenvalue weighted by Crippen LogP contribution is 2.25. The fourth-order valence-electron chi connectivity index (χ4n) is 2.61. The fraction of sp³-hybridized carbons (Fsp3) is 0.0909. The molecule has 0 aliphatic carbocycles. The second kappa shape index (κ2) is 9.82. The lowest BCUT2D eigenvalue weighted by atomic mass is 10.2. The lowest BCUT2D eigenvalue weighted by molar-refractivity contribution is -0.274. The Morgan fingerprint density at radius 3 is 2.19 bits per heavy atom. The highest BCUT2D eigenvalue weighted by Gasteiger charge is 2.31. The maximum Gasteiger partial charge on any atom is 0.573 e. The van der Waals surface area contributed by atoms with Crippen LogP contribution in [0, 0.1) is 5.82 Å². The summed E-state index contributed by atoms with van der Waals surface area (Å²) >= 11 is 0. The summed E-state index contributed by atoms with van der Waals surface area (Å²) in [5.74, 6) is -2.19. The summed E-state index contributed by atoms with van der Waals surface area (Å²) in [6.45, 7) is -0.484. The minimum Gasteiger partial charge on any atom is -0.483 e. The summed E-state index contributed by atoms with van der Waals surface area (Å²) in [5.41, 5.74) is 0.295. The first-order valence-electron chi connectivity index (χ1n) is 9.14. The normalized spacial score (nSPS) is 10.9. The Hall–Kier alpha value is -4.08. The number of anilines is 2. The largest absolute Gasteiger partial charge is 0.573 e. The molecule has 0 aliphatic heterocycles. The van der Waals surface area contributed by atoms with Gasteiger partial charge in [-0.2, -0.15) is 0 Å². The monoisotopic (exact) mass is 448 g/mol. The quantitative estimate of drug-likeness (QED) is 0.499. The van der Waals surface area contributed by atoms with Gasteiger partial charge in [-0.15, -0.1) is 13.2 Å². The number of halogens is 4. The van der Waals surface area contributed by atoms with Crippen molar-refractivity contribution in [2.45, 2.75) is 6.36 Å². The molecular formula is C22H16F4N2O4. The fourth-order valence-corrected chi connectivity index (χ4v) is 2.61. The second-order valence-electron chi connectivity index (χ2n) is 6.34. The molecule has 3 aromatic rings. The summed E-state index contributed by atoms with van der Waals surface area (Å²) in [4.78, 5) is 24.6. The van der Waals surface area contributed by atoms with E-state index in [-0.39, 0.29) is 22.7 Å². The molecular weight excluding hydrogens is 432 g/mol. The van der Waals surface area contributed by atoms with E-state index in [0.717, 1.165) is 12.1 Å². The molecule has 0 heterocycles. The minimum atomic E-state index is -4.82. The zero-order chi connectivity index (χ0) is 23.1. The van der Waals surface area contributed by atoms with Gasteiger partial charge in [0.2, 0.25) is 0 Å². The first-order valence-corrected chi connectivity index (χ1v) is 9.14.